The van der Waals surface area contributed by atoms with Gasteiger partial charge in [-0.3, -0.25) is 29.2 Å². The van der Waals surface area contributed by atoms with Crippen LogP contribution in [0.3, 0.4) is 0 Å². The molecule has 18 heteroatoms. The number of pyridine rings is 1. The van der Waals surface area contributed by atoms with Crippen LogP contribution in [-0.2, 0) is 37.8 Å². The van der Waals surface area contributed by atoms with E-state index >= 15 is 0 Å². The molecule has 3 amide bonds. The third-order valence-corrected chi connectivity index (χ3v) is 17.3. The number of amides is 3. The molecule has 1 aliphatic carbocycles. The monoisotopic (exact) mass is 981 g/mol. The van der Waals surface area contributed by atoms with E-state index in [1.54, 1.807) is 20.9 Å². The number of fused-ring (bicyclic) bond motifs is 1. The summed E-state index contributed by atoms with van der Waals surface area (Å²) in [6.07, 6.45) is 5.05. The second kappa shape index (κ2) is 21.7. The van der Waals surface area contributed by atoms with Crippen LogP contribution in [0.2, 0.25) is 18.1 Å². The number of benzene rings is 1. The van der Waals surface area contributed by atoms with Gasteiger partial charge in [-0.1, -0.05) is 99.8 Å². The first-order valence-corrected chi connectivity index (χ1v) is 26.5. The van der Waals surface area contributed by atoms with Gasteiger partial charge < -0.3 is 28.9 Å². The molecule has 2 aliphatic rings. The Morgan fingerprint density at radius 2 is 1.62 bits per heavy atom. The van der Waals surface area contributed by atoms with E-state index < -0.39 is 83.7 Å². The van der Waals surface area contributed by atoms with Gasteiger partial charge in [0, 0.05) is 25.1 Å². The van der Waals surface area contributed by atoms with E-state index in [9.17, 15) is 24.0 Å². The summed E-state index contributed by atoms with van der Waals surface area (Å²) in [5.74, 6) is -2.78. The number of hydrogen-bond donors (Lipinski definition) is 2. The summed E-state index contributed by atoms with van der Waals surface area (Å²) in [6, 6.07) is 7.45. The van der Waals surface area contributed by atoms with E-state index in [1.807, 2.05) is 70.2 Å². The molecule has 4 rings (SSSR count). The summed E-state index contributed by atoms with van der Waals surface area (Å²) < 4.78 is 21.9. The Morgan fingerprint density at radius 3 is 2.20 bits per heavy atom. The van der Waals surface area contributed by atoms with Crippen molar-refractivity contribution in [3.8, 4) is 0 Å². The molecule has 1 saturated carbocycles. The smallest absolute Gasteiger partial charge is 0.410 e. The van der Waals surface area contributed by atoms with Gasteiger partial charge in [0.2, 0.25) is 3.79 Å². The first-order valence-electron chi connectivity index (χ1n) is 22.5. The quantitative estimate of drug-likeness (QED) is 0.0802. The number of hydrogen-bond acceptors (Lipinski definition) is 11. The minimum atomic E-state index is -2.11. The van der Waals surface area contributed by atoms with Crippen molar-refractivity contribution in [2.45, 2.75) is 166 Å². The maximum Gasteiger partial charge on any atom is 0.410 e. The minimum absolute atomic E-state index is 0.00810. The van der Waals surface area contributed by atoms with Crippen molar-refractivity contribution >= 4 is 89.9 Å². The van der Waals surface area contributed by atoms with Gasteiger partial charge in [0.1, 0.15) is 24.3 Å². The lowest BCUT2D eigenvalue weighted by molar-refractivity contribution is -0.168. The highest BCUT2D eigenvalue weighted by Gasteiger charge is 2.46. The zero-order chi connectivity index (χ0) is 48.9. The SMILES string of the molecule is CC(C)[C@H](OC(=O)C1(/C=C/c2ccc3ccc([C@@H](C)N(C)C(=O)OC(C)(C)C)nc3c2)CCC(O[Si](C)(C)C(C)(C)C)CC1)C(=O)N[C@@H](C)C(=O)N1CCC[C@@H](C(=O)OCC(Cl)(Cl)Cl)N1. The molecule has 14 nitrogen and oxygen atoms in total. The van der Waals surface area contributed by atoms with E-state index in [0.29, 0.717) is 49.7 Å². The van der Waals surface area contributed by atoms with Crippen LogP contribution in [0.1, 0.15) is 125 Å². The van der Waals surface area contributed by atoms with Gasteiger partial charge in [0.25, 0.3) is 11.8 Å². The van der Waals surface area contributed by atoms with Crippen molar-refractivity contribution in [1.82, 2.24) is 25.6 Å². The van der Waals surface area contributed by atoms with Crippen LogP contribution in [0.15, 0.2) is 36.4 Å². The van der Waals surface area contributed by atoms with E-state index in [0.717, 1.165) is 10.9 Å². The highest BCUT2D eigenvalue weighted by atomic mass is 35.6. The number of ether oxygens (including phenoxy) is 3. The van der Waals surface area contributed by atoms with Crippen molar-refractivity contribution in [3.63, 3.8) is 0 Å². The highest BCUT2D eigenvalue weighted by Crippen LogP contribution is 2.44. The lowest BCUT2D eigenvalue weighted by Gasteiger charge is -2.43. The first kappa shape index (κ1) is 54.1. The Balaban J connectivity index is 1.56. The van der Waals surface area contributed by atoms with Crippen molar-refractivity contribution in [1.29, 1.82) is 0 Å². The molecule has 2 aromatic rings. The summed E-state index contributed by atoms with van der Waals surface area (Å²) in [4.78, 5) is 74.1. The van der Waals surface area contributed by atoms with E-state index in [4.69, 9.17) is 58.4 Å². The molecule has 2 fully saturated rings. The second-order valence-electron chi connectivity index (χ2n) is 20.4. The van der Waals surface area contributed by atoms with Crippen LogP contribution in [0, 0.1) is 11.3 Å². The zero-order valence-electron chi connectivity index (χ0n) is 40.3. The summed E-state index contributed by atoms with van der Waals surface area (Å²) in [5.41, 5.74) is 3.35. The Morgan fingerprint density at radius 1 is 0.985 bits per heavy atom. The van der Waals surface area contributed by atoms with Crippen LogP contribution in [0.4, 0.5) is 4.79 Å². The first-order chi connectivity index (χ1) is 29.9. The molecule has 1 saturated heterocycles. The van der Waals surface area contributed by atoms with Gasteiger partial charge in [-0.25, -0.2) is 10.2 Å². The summed E-state index contributed by atoms with van der Waals surface area (Å²) in [5, 5.41) is 4.92. The number of carbonyl (C=O) groups is 5. The van der Waals surface area contributed by atoms with Gasteiger partial charge in [-0.15, -0.1) is 0 Å². The Hall–Kier alpha value is -3.47. The zero-order valence-corrected chi connectivity index (χ0v) is 43.6. The van der Waals surface area contributed by atoms with Gasteiger partial charge in [0.15, 0.2) is 14.4 Å². The number of nitrogens with one attached hydrogen (secondary N) is 2. The fourth-order valence-electron chi connectivity index (χ4n) is 7.37. The third kappa shape index (κ3) is 15.0. The molecule has 0 bridgehead atoms. The molecule has 0 unspecified atom stereocenters. The Kier molecular flexibility index (Phi) is 18.0. The summed E-state index contributed by atoms with van der Waals surface area (Å²) in [6.45, 7) is 23.3. The molecule has 1 aromatic heterocycles. The largest absolute Gasteiger partial charge is 0.460 e. The third-order valence-electron chi connectivity index (χ3n) is 12.5. The molecule has 4 atom stereocenters. The predicted molar refractivity (Wildman–Crippen MR) is 258 cm³/mol. The van der Waals surface area contributed by atoms with E-state index in [-0.39, 0.29) is 23.7 Å². The lowest BCUT2D eigenvalue weighted by atomic mass is 9.72. The van der Waals surface area contributed by atoms with Gasteiger partial charge in [-0.2, -0.15) is 0 Å². The molecule has 0 radical (unpaired) electrons. The van der Waals surface area contributed by atoms with E-state index in [1.165, 1.54) is 16.8 Å². The van der Waals surface area contributed by atoms with Crippen LogP contribution in [0.5, 0.6) is 0 Å². The van der Waals surface area contributed by atoms with Crippen molar-refractivity contribution < 1.29 is 42.6 Å². The van der Waals surface area contributed by atoms with E-state index in [2.05, 4.69) is 44.6 Å². The van der Waals surface area contributed by atoms with Crippen molar-refractivity contribution in [2.75, 3.05) is 20.2 Å². The maximum absolute atomic E-state index is 14.6. The molecular formula is C47H70Cl3N5O9Si. The van der Waals surface area contributed by atoms with Crippen LogP contribution in [-0.4, -0.2) is 107 Å². The number of carbonyl (C=O) groups excluding carboxylic acids is 5. The fourth-order valence-corrected chi connectivity index (χ4v) is 8.96. The van der Waals surface area contributed by atoms with Crippen LogP contribution < -0.4 is 10.7 Å². The fraction of sp³-hybridized carbons (Fsp3) is 0.660. The number of hydrazine groups is 1. The molecule has 1 aliphatic heterocycles. The minimum Gasteiger partial charge on any atom is -0.460 e. The topological polar surface area (TPSA) is 166 Å². The van der Waals surface area contributed by atoms with Crippen LogP contribution >= 0.6 is 34.8 Å². The van der Waals surface area contributed by atoms with Crippen LogP contribution in [0.25, 0.3) is 17.0 Å². The van der Waals surface area contributed by atoms with Gasteiger partial charge >= 0.3 is 18.0 Å². The molecule has 2 heterocycles. The van der Waals surface area contributed by atoms with Gasteiger partial charge in [0.05, 0.1) is 22.7 Å². The summed E-state index contributed by atoms with van der Waals surface area (Å²) in [7, 11) is -0.425. The lowest BCUT2D eigenvalue weighted by Crippen LogP contribution is -2.60. The molecule has 1 aromatic carbocycles. The molecule has 362 valence electrons. The molecular weight excluding hydrogens is 913 g/mol. The molecule has 65 heavy (non-hydrogen) atoms. The number of rotatable bonds is 14. The predicted octanol–water partition coefficient (Wildman–Crippen LogP) is 9.61. The standard InChI is InChI=1S/C47H70Cl3N5O9Si/c1-29(2)38(39(56)51-30(3)40(57)55-26-14-15-36(53-55)41(58)61-28-47(48,49)50)62-42(59)46(24-21-34(22-25-46)64-65(12,13)45(8,9)10)23-20-32-16-17-33-18-19-35(52-37(33)27-32)31(4)54(11)43(60)63-44(5,6)7/h16-20,23,27,29-31,34,36,38,53H,14-15,21-22,24-26,28H2,1-13H3,(H,51,56)/b23-20+/t30-,31+,34?,36-,38-,46?/m0/s1. The number of halogens is 3. The molecule has 0 spiro atoms. The van der Waals surface area contributed by atoms with Crippen molar-refractivity contribution in [2.24, 2.45) is 11.3 Å². The highest BCUT2D eigenvalue weighted by molar-refractivity contribution is 6.74. The average molecular weight is 984 g/mol. The maximum atomic E-state index is 14.6. The number of nitrogens with zero attached hydrogens (tertiary/aromatic N) is 3. The number of alkyl halides is 3. The number of aromatic nitrogens is 1. The molecule has 2 N–H and O–H groups in total. The second-order valence-corrected chi connectivity index (χ2v) is 27.6. The van der Waals surface area contributed by atoms with Gasteiger partial charge in [-0.05, 0) is 115 Å². The Labute approximate surface area is 401 Å². The normalized spacial score (nSPS) is 21.4. The summed E-state index contributed by atoms with van der Waals surface area (Å²) >= 11 is 17.2. The number of esters is 2. The van der Waals surface area contributed by atoms with Crippen molar-refractivity contribution in [3.05, 3.63) is 47.7 Å². The average Bonchev–Trinajstić information content (AvgIpc) is 3.21. The Bertz CT molecular complexity index is 2060.